The quantitative estimate of drug-likeness (QED) is 0.734. The van der Waals surface area contributed by atoms with E-state index in [9.17, 15) is 0 Å². The summed E-state index contributed by atoms with van der Waals surface area (Å²) in [7, 11) is 0. The fraction of sp³-hybridized carbons (Fsp3) is 0.222. The van der Waals surface area contributed by atoms with Crippen molar-refractivity contribution in [2.45, 2.75) is 19.4 Å². The minimum Gasteiger partial charge on any atom is -0.360 e. The van der Waals surface area contributed by atoms with Gasteiger partial charge in [0.05, 0.1) is 6.04 Å². The van der Waals surface area contributed by atoms with Gasteiger partial charge in [0.2, 0.25) is 0 Å². The highest BCUT2D eigenvalue weighted by molar-refractivity contribution is 5.62. The summed E-state index contributed by atoms with van der Waals surface area (Å²) >= 11 is 0. The largest absolute Gasteiger partial charge is 0.360 e. The van der Waals surface area contributed by atoms with Crippen molar-refractivity contribution in [2.24, 2.45) is 0 Å². The number of anilines is 1. The standard InChI is InChI=1S/C18H19N/c1-3-17(15-9-5-4-6-10-15)19-13-12-16-14(2)8-7-11-18(16)19/h3-11,17H,1,12-13H2,2H3/t17-/m0/s1. The van der Waals surface area contributed by atoms with Crippen LogP contribution in [0.2, 0.25) is 0 Å². The van der Waals surface area contributed by atoms with Crippen LogP contribution in [-0.4, -0.2) is 6.54 Å². The highest BCUT2D eigenvalue weighted by Crippen LogP contribution is 2.36. The summed E-state index contributed by atoms with van der Waals surface area (Å²) in [4.78, 5) is 2.46. The molecule has 1 heterocycles. The first-order valence-corrected chi connectivity index (χ1v) is 6.84. The lowest BCUT2D eigenvalue weighted by atomic mass is 10.0. The lowest BCUT2D eigenvalue weighted by molar-refractivity contribution is 0.754. The molecule has 0 spiro atoms. The van der Waals surface area contributed by atoms with Gasteiger partial charge in [-0.2, -0.15) is 0 Å². The minimum absolute atomic E-state index is 0.268. The van der Waals surface area contributed by atoms with E-state index in [0.717, 1.165) is 13.0 Å². The van der Waals surface area contributed by atoms with E-state index in [1.54, 1.807) is 0 Å². The molecular formula is C18H19N. The van der Waals surface area contributed by atoms with Crippen molar-refractivity contribution in [1.82, 2.24) is 0 Å². The van der Waals surface area contributed by atoms with Gasteiger partial charge in [-0.25, -0.2) is 0 Å². The Morgan fingerprint density at radius 2 is 1.89 bits per heavy atom. The summed E-state index contributed by atoms with van der Waals surface area (Å²) in [5.41, 5.74) is 5.57. The molecule has 1 aliphatic rings. The first-order chi connectivity index (χ1) is 9.31. The van der Waals surface area contributed by atoms with E-state index in [1.807, 2.05) is 6.08 Å². The minimum atomic E-state index is 0.268. The van der Waals surface area contributed by atoms with Crippen molar-refractivity contribution in [3.8, 4) is 0 Å². The SMILES string of the molecule is C=C[C@@H](c1ccccc1)N1CCc2c(C)cccc21. The van der Waals surface area contributed by atoms with Crippen LogP contribution in [-0.2, 0) is 6.42 Å². The molecule has 1 atom stereocenters. The molecule has 0 aromatic heterocycles. The van der Waals surface area contributed by atoms with Gasteiger partial charge in [0.25, 0.3) is 0 Å². The second-order valence-corrected chi connectivity index (χ2v) is 5.11. The molecule has 0 saturated carbocycles. The highest BCUT2D eigenvalue weighted by Gasteiger charge is 2.25. The second kappa shape index (κ2) is 4.93. The van der Waals surface area contributed by atoms with Crippen molar-refractivity contribution in [2.75, 3.05) is 11.4 Å². The Balaban J connectivity index is 2.00. The van der Waals surface area contributed by atoms with Crippen LogP contribution in [0.4, 0.5) is 5.69 Å². The molecule has 2 aromatic carbocycles. The van der Waals surface area contributed by atoms with Crippen molar-refractivity contribution in [3.63, 3.8) is 0 Å². The number of hydrogen-bond donors (Lipinski definition) is 0. The zero-order valence-electron chi connectivity index (χ0n) is 11.3. The fourth-order valence-electron chi connectivity index (χ4n) is 3.02. The topological polar surface area (TPSA) is 3.24 Å². The molecule has 96 valence electrons. The van der Waals surface area contributed by atoms with Crippen molar-refractivity contribution in [3.05, 3.63) is 77.9 Å². The molecule has 1 heteroatoms. The zero-order chi connectivity index (χ0) is 13.2. The molecule has 0 aliphatic carbocycles. The first-order valence-electron chi connectivity index (χ1n) is 6.84. The fourth-order valence-corrected chi connectivity index (χ4v) is 3.02. The van der Waals surface area contributed by atoms with Gasteiger partial charge in [-0.05, 0) is 36.1 Å². The van der Waals surface area contributed by atoms with Crippen LogP contribution in [0.1, 0.15) is 22.7 Å². The first kappa shape index (κ1) is 12.0. The molecule has 1 aliphatic heterocycles. The van der Waals surface area contributed by atoms with E-state index in [4.69, 9.17) is 0 Å². The Morgan fingerprint density at radius 1 is 1.11 bits per heavy atom. The molecule has 2 aromatic rings. The highest BCUT2D eigenvalue weighted by atomic mass is 15.2. The maximum Gasteiger partial charge on any atom is 0.0724 e. The molecular weight excluding hydrogens is 230 g/mol. The predicted molar refractivity (Wildman–Crippen MR) is 81.6 cm³/mol. The Bertz CT molecular complexity index is 586. The lowest BCUT2D eigenvalue weighted by Crippen LogP contribution is -2.25. The van der Waals surface area contributed by atoms with Crippen LogP contribution in [0, 0.1) is 6.92 Å². The van der Waals surface area contributed by atoms with Crippen LogP contribution in [0.15, 0.2) is 61.2 Å². The van der Waals surface area contributed by atoms with Gasteiger partial charge >= 0.3 is 0 Å². The average molecular weight is 249 g/mol. The number of aryl methyl sites for hydroxylation is 1. The van der Waals surface area contributed by atoms with Gasteiger partial charge in [0.15, 0.2) is 0 Å². The Labute approximate surface area is 115 Å². The summed E-state index contributed by atoms with van der Waals surface area (Å²) in [5, 5.41) is 0. The van der Waals surface area contributed by atoms with Crippen LogP contribution >= 0.6 is 0 Å². The van der Waals surface area contributed by atoms with Crippen molar-refractivity contribution < 1.29 is 0 Å². The molecule has 0 amide bonds. The van der Waals surface area contributed by atoms with Crippen LogP contribution in [0.5, 0.6) is 0 Å². The third-order valence-corrected chi connectivity index (χ3v) is 4.00. The van der Waals surface area contributed by atoms with Crippen LogP contribution in [0.25, 0.3) is 0 Å². The number of benzene rings is 2. The normalized spacial score (nSPS) is 15.1. The van der Waals surface area contributed by atoms with Crippen LogP contribution < -0.4 is 4.90 Å². The van der Waals surface area contributed by atoms with E-state index in [2.05, 4.69) is 66.9 Å². The maximum atomic E-state index is 4.04. The van der Waals surface area contributed by atoms with Gasteiger partial charge in [-0.3, -0.25) is 0 Å². The zero-order valence-corrected chi connectivity index (χ0v) is 11.3. The number of fused-ring (bicyclic) bond motifs is 1. The van der Waals surface area contributed by atoms with Gasteiger partial charge in [-0.15, -0.1) is 6.58 Å². The van der Waals surface area contributed by atoms with E-state index in [1.165, 1.54) is 22.4 Å². The summed E-state index contributed by atoms with van der Waals surface area (Å²) in [6.07, 6.45) is 3.19. The third-order valence-electron chi connectivity index (χ3n) is 4.00. The van der Waals surface area contributed by atoms with Crippen LogP contribution in [0.3, 0.4) is 0 Å². The molecule has 0 saturated heterocycles. The molecule has 3 rings (SSSR count). The van der Waals surface area contributed by atoms with Gasteiger partial charge in [-0.1, -0.05) is 48.5 Å². The van der Waals surface area contributed by atoms with Crippen molar-refractivity contribution in [1.29, 1.82) is 0 Å². The number of rotatable bonds is 3. The smallest absolute Gasteiger partial charge is 0.0724 e. The molecule has 19 heavy (non-hydrogen) atoms. The van der Waals surface area contributed by atoms with E-state index < -0.39 is 0 Å². The summed E-state index contributed by atoms with van der Waals surface area (Å²) in [6.45, 7) is 7.31. The number of nitrogens with zero attached hydrogens (tertiary/aromatic N) is 1. The van der Waals surface area contributed by atoms with E-state index in [0.29, 0.717) is 0 Å². The Hall–Kier alpha value is -2.02. The molecule has 0 bridgehead atoms. The predicted octanol–water partition coefficient (Wildman–Crippen LogP) is 4.28. The Kier molecular flexibility index (Phi) is 3.12. The van der Waals surface area contributed by atoms with Crippen molar-refractivity contribution >= 4 is 5.69 Å². The molecule has 1 nitrogen and oxygen atoms in total. The molecule has 0 radical (unpaired) electrons. The van der Waals surface area contributed by atoms with Gasteiger partial charge in [0.1, 0.15) is 0 Å². The molecule has 0 N–H and O–H groups in total. The summed E-state index contributed by atoms with van der Waals surface area (Å²) in [5.74, 6) is 0. The maximum absolute atomic E-state index is 4.04. The summed E-state index contributed by atoms with van der Waals surface area (Å²) in [6, 6.07) is 17.5. The second-order valence-electron chi connectivity index (χ2n) is 5.11. The average Bonchev–Trinajstić information content (AvgIpc) is 2.87. The number of hydrogen-bond acceptors (Lipinski definition) is 1. The molecule has 0 unspecified atom stereocenters. The van der Waals surface area contributed by atoms with E-state index >= 15 is 0 Å². The van der Waals surface area contributed by atoms with E-state index in [-0.39, 0.29) is 6.04 Å². The molecule has 0 fully saturated rings. The van der Waals surface area contributed by atoms with Gasteiger partial charge in [0, 0.05) is 12.2 Å². The lowest BCUT2D eigenvalue weighted by Gasteiger charge is -2.28. The summed E-state index contributed by atoms with van der Waals surface area (Å²) < 4.78 is 0. The third kappa shape index (κ3) is 2.06. The van der Waals surface area contributed by atoms with Gasteiger partial charge < -0.3 is 4.90 Å². The Morgan fingerprint density at radius 3 is 2.63 bits per heavy atom. The monoisotopic (exact) mass is 249 g/mol.